The van der Waals surface area contributed by atoms with Crippen LogP contribution in [0.1, 0.15) is 13.8 Å². The van der Waals surface area contributed by atoms with Gasteiger partial charge in [-0.3, -0.25) is 14.9 Å². The van der Waals surface area contributed by atoms with Crippen LogP contribution in [0.5, 0.6) is 11.5 Å². The highest BCUT2D eigenvalue weighted by molar-refractivity contribution is 7.21. The Balaban J connectivity index is 1.47. The highest BCUT2D eigenvalue weighted by atomic mass is 35.5. The number of thiazole rings is 1. The van der Waals surface area contributed by atoms with E-state index in [1.54, 1.807) is 39.3 Å². The molecule has 0 radical (unpaired) electrons. The van der Waals surface area contributed by atoms with E-state index in [-0.39, 0.29) is 11.4 Å². The van der Waals surface area contributed by atoms with Crippen molar-refractivity contribution in [1.82, 2.24) is 15.0 Å². The SMILES string of the molecule is COc1cnc2c(-c3nc4cc(F)c(O[C@@H](C)[C@@H](C)N(C(=O)O)c5cncc(F)c5)cc4s3)cc(Cl)cc2c1. The van der Waals surface area contributed by atoms with E-state index < -0.39 is 29.9 Å². The molecule has 2 atom stereocenters. The van der Waals surface area contributed by atoms with E-state index >= 15 is 4.39 Å². The maximum atomic E-state index is 15.1. The summed E-state index contributed by atoms with van der Waals surface area (Å²) in [5.41, 5.74) is 1.81. The van der Waals surface area contributed by atoms with Crippen LogP contribution in [0.2, 0.25) is 5.02 Å². The fourth-order valence-corrected chi connectivity index (χ4v) is 5.38. The van der Waals surface area contributed by atoms with Gasteiger partial charge in [-0.1, -0.05) is 11.6 Å². The zero-order valence-electron chi connectivity index (χ0n) is 20.9. The van der Waals surface area contributed by atoms with Crippen LogP contribution in [0.15, 0.2) is 55.0 Å². The van der Waals surface area contributed by atoms with Crippen LogP contribution < -0.4 is 14.4 Å². The third-order valence-electron chi connectivity index (χ3n) is 6.21. The van der Waals surface area contributed by atoms with Crippen molar-refractivity contribution >= 4 is 55.8 Å². The molecule has 1 amide bonds. The molecule has 12 heteroatoms. The largest absolute Gasteiger partial charge is 0.495 e. The number of halogens is 3. The standard InChI is InChI=1S/C27H21ClF2N4O4S/c1-13(34(27(35)36)18-7-17(29)10-31-11-18)14(2)38-23-9-24-22(8-21(23)30)33-26(39-24)20-6-16(28)4-15-5-19(37-3)12-32-25(15)20/h4-14H,1-3H3,(H,35,36)/t13-,14+/m1/s1. The quantitative estimate of drug-likeness (QED) is 0.221. The molecule has 0 bridgehead atoms. The lowest BCUT2D eigenvalue weighted by molar-refractivity contribution is 0.167. The fourth-order valence-electron chi connectivity index (χ4n) is 4.16. The Morgan fingerprint density at radius 3 is 2.62 bits per heavy atom. The molecule has 0 saturated carbocycles. The Labute approximate surface area is 230 Å². The van der Waals surface area contributed by atoms with E-state index in [4.69, 9.17) is 21.1 Å². The number of hydrogen-bond acceptors (Lipinski definition) is 7. The van der Waals surface area contributed by atoms with Crippen molar-refractivity contribution in [3.63, 3.8) is 0 Å². The maximum Gasteiger partial charge on any atom is 0.412 e. The van der Waals surface area contributed by atoms with E-state index in [1.807, 2.05) is 6.07 Å². The predicted molar refractivity (Wildman–Crippen MR) is 146 cm³/mol. The lowest BCUT2D eigenvalue weighted by Gasteiger charge is -2.31. The van der Waals surface area contributed by atoms with Crippen LogP contribution in [0.4, 0.5) is 19.3 Å². The summed E-state index contributed by atoms with van der Waals surface area (Å²) < 4.78 is 40.5. The Bertz CT molecular complexity index is 1720. The number of anilines is 1. The fraction of sp³-hybridized carbons (Fsp3) is 0.185. The first-order chi connectivity index (χ1) is 18.6. The number of ether oxygens (including phenoxy) is 2. The zero-order valence-corrected chi connectivity index (χ0v) is 22.4. The van der Waals surface area contributed by atoms with Gasteiger partial charge >= 0.3 is 6.09 Å². The Kier molecular flexibility index (Phi) is 7.19. The minimum absolute atomic E-state index is 0.0356. The molecular formula is C27H21ClF2N4O4S. The number of methoxy groups -OCH3 is 1. The van der Waals surface area contributed by atoms with Crippen LogP contribution in [0, 0.1) is 11.6 Å². The van der Waals surface area contributed by atoms with E-state index in [0.29, 0.717) is 37.1 Å². The van der Waals surface area contributed by atoms with Crippen molar-refractivity contribution in [3.8, 4) is 22.1 Å². The van der Waals surface area contributed by atoms with Crippen LogP contribution in [0.25, 0.3) is 31.7 Å². The number of aromatic nitrogens is 3. The van der Waals surface area contributed by atoms with Crippen molar-refractivity contribution in [3.05, 3.63) is 71.6 Å². The van der Waals surface area contributed by atoms with Crippen LogP contribution in [-0.2, 0) is 0 Å². The normalized spacial score (nSPS) is 12.9. The second kappa shape index (κ2) is 10.6. The molecule has 39 heavy (non-hydrogen) atoms. The molecule has 0 saturated heterocycles. The van der Waals surface area contributed by atoms with Gasteiger partial charge in [0.25, 0.3) is 0 Å². The predicted octanol–water partition coefficient (Wildman–Crippen LogP) is 7.19. The smallest absolute Gasteiger partial charge is 0.412 e. The first-order valence-corrected chi connectivity index (χ1v) is 12.9. The summed E-state index contributed by atoms with van der Waals surface area (Å²) in [6.07, 6.45) is 1.67. The number of carbonyl (C=O) groups is 1. The van der Waals surface area contributed by atoms with Gasteiger partial charge in [0.15, 0.2) is 11.6 Å². The molecule has 0 aliphatic heterocycles. The summed E-state index contributed by atoms with van der Waals surface area (Å²) in [6, 6.07) is 8.38. The van der Waals surface area contributed by atoms with Gasteiger partial charge in [0.1, 0.15) is 22.7 Å². The number of fused-ring (bicyclic) bond motifs is 2. The number of nitrogens with zero attached hydrogens (tertiary/aromatic N) is 4. The number of hydrogen-bond donors (Lipinski definition) is 1. The van der Waals surface area contributed by atoms with Crippen LogP contribution >= 0.6 is 22.9 Å². The topological polar surface area (TPSA) is 97.7 Å². The Morgan fingerprint density at radius 2 is 1.90 bits per heavy atom. The molecule has 3 heterocycles. The van der Waals surface area contributed by atoms with Crippen molar-refractivity contribution in [2.45, 2.75) is 26.0 Å². The highest BCUT2D eigenvalue weighted by Crippen LogP contribution is 2.38. The van der Waals surface area contributed by atoms with Crippen molar-refractivity contribution in [2.24, 2.45) is 0 Å². The summed E-state index contributed by atoms with van der Waals surface area (Å²) in [6.45, 7) is 3.18. The van der Waals surface area contributed by atoms with Gasteiger partial charge in [0.2, 0.25) is 0 Å². The molecule has 0 aliphatic carbocycles. The lowest BCUT2D eigenvalue weighted by atomic mass is 10.1. The minimum Gasteiger partial charge on any atom is -0.495 e. The molecule has 200 valence electrons. The molecule has 0 aliphatic rings. The molecular weight excluding hydrogens is 550 g/mol. The summed E-state index contributed by atoms with van der Waals surface area (Å²) in [7, 11) is 1.55. The molecule has 5 rings (SSSR count). The van der Waals surface area contributed by atoms with E-state index in [1.165, 1.54) is 29.7 Å². The van der Waals surface area contributed by atoms with Crippen LogP contribution in [0.3, 0.4) is 0 Å². The van der Waals surface area contributed by atoms with Crippen molar-refractivity contribution < 1.29 is 28.2 Å². The molecule has 0 unspecified atom stereocenters. The molecule has 3 aromatic heterocycles. The van der Waals surface area contributed by atoms with Gasteiger partial charge in [-0.2, -0.15) is 0 Å². The molecule has 1 N–H and O–H groups in total. The second-order valence-corrected chi connectivity index (χ2v) is 10.2. The summed E-state index contributed by atoms with van der Waals surface area (Å²) >= 11 is 7.67. The van der Waals surface area contributed by atoms with Gasteiger partial charge in [-0.05, 0) is 32.0 Å². The molecule has 8 nitrogen and oxygen atoms in total. The van der Waals surface area contributed by atoms with Crippen molar-refractivity contribution in [2.75, 3.05) is 12.0 Å². The number of carboxylic acid groups (broad SMARTS) is 1. The minimum atomic E-state index is -1.33. The second-order valence-electron chi connectivity index (χ2n) is 8.75. The first kappa shape index (κ1) is 26.5. The summed E-state index contributed by atoms with van der Waals surface area (Å²) in [5, 5.41) is 11.6. The van der Waals surface area contributed by atoms with Gasteiger partial charge in [-0.25, -0.2) is 18.6 Å². The van der Waals surface area contributed by atoms with Gasteiger partial charge in [0.05, 0.1) is 53.2 Å². The van der Waals surface area contributed by atoms with Crippen molar-refractivity contribution in [1.29, 1.82) is 0 Å². The third kappa shape index (κ3) is 5.27. The van der Waals surface area contributed by atoms with Gasteiger partial charge in [0, 0.05) is 34.2 Å². The molecule has 5 aromatic rings. The third-order valence-corrected chi connectivity index (χ3v) is 7.47. The average Bonchev–Trinajstić information content (AvgIpc) is 3.30. The highest BCUT2D eigenvalue weighted by Gasteiger charge is 2.29. The zero-order chi connectivity index (χ0) is 27.8. The molecule has 0 fully saturated rings. The average molecular weight is 571 g/mol. The lowest BCUT2D eigenvalue weighted by Crippen LogP contribution is -2.46. The number of amides is 1. The molecule has 2 aromatic carbocycles. The number of pyridine rings is 2. The van der Waals surface area contributed by atoms with E-state index in [9.17, 15) is 14.3 Å². The van der Waals surface area contributed by atoms with Gasteiger partial charge < -0.3 is 14.6 Å². The number of benzene rings is 2. The van der Waals surface area contributed by atoms with Crippen LogP contribution in [-0.4, -0.2) is 45.4 Å². The van der Waals surface area contributed by atoms with Gasteiger partial charge in [-0.15, -0.1) is 11.3 Å². The Morgan fingerprint density at radius 1 is 1.10 bits per heavy atom. The number of rotatable bonds is 7. The summed E-state index contributed by atoms with van der Waals surface area (Å²) in [4.78, 5) is 25.7. The van der Waals surface area contributed by atoms with E-state index in [2.05, 4.69) is 15.0 Å². The summed E-state index contributed by atoms with van der Waals surface area (Å²) in [5.74, 6) is -0.828. The first-order valence-electron chi connectivity index (χ1n) is 11.7. The van der Waals surface area contributed by atoms with E-state index in [0.717, 1.165) is 22.5 Å². The Hall–Kier alpha value is -4.09. The monoisotopic (exact) mass is 570 g/mol. The maximum absolute atomic E-state index is 15.1. The molecule has 0 spiro atoms.